The quantitative estimate of drug-likeness (QED) is 0.349. The summed E-state index contributed by atoms with van der Waals surface area (Å²) in [7, 11) is 0. The minimum Gasteiger partial charge on any atom is -0.489 e. The van der Waals surface area contributed by atoms with E-state index in [0.717, 1.165) is 17.7 Å². The van der Waals surface area contributed by atoms with Crippen LogP contribution < -0.4 is 15.4 Å². The zero-order valence-corrected chi connectivity index (χ0v) is 18.0. The van der Waals surface area contributed by atoms with Crippen LogP contribution in [0.25, 0.3) is 0 Å². The third-order valence-electron chi connectivity index (χ3n) is 4.80. The van der Waals surface area contributed by atoms with E-state index in [0.29, 0.717) is 5.75 Å². The number of benzene rings is 2. The lowest BCUT2D eigenvalue weighted by atomic mass is 10.1. The molecule has 0 saturated heterocycles. The van der Waals surface area contributed by atoms with Crippen LogP contribution in [0.3, 0.4) is 0 Å². The number of ether oxygens (including phenoxy) is 1. The third-order valence-corrected chi connectivity index (χ3v) is 4.80. The van der Waals surface area contributed by atoms with Crippen molar-refractivity contribution < 1.29 is 31.9 Å². The van der Waals surface area contributed by atoms with Gasteiger partial charge in [-0.05, 0) is 54.6 Å². The normalized spacial score (nSPS) is 11.1. The van der Waals surface area contributed by atoms with Crippen molar-refractivity contribution in [2.24, 2.45) is 0 Å². The molecule has 7 nitrogen and oxygen atoms in total. The van der Waals surface area contributed by atoms with E-state index in [1.165, 1.54) is 36.6 Å². The summed E-state index contributed by atoms with van der Waals surface area (Å²) in [6.45, 7) is 0.211. The number of rotatable bonds is 7. The second-order valence-electron chi connectivity index (χ2n) is 7.32. The van der Waals surface area contributed by atoms with E-state index >= 15 is 0 Å². The van der Waals surface area contributed by atoms with E-state index in [9.17, 15) is 22.8 Å². The largest absolute Gasteiger partial charge is 0.489 e. The Morgan fingerprint density at radius 2 is 1.80 bits per heavy atom. The van der Waals surface area contributed by atoms with Gasteiger partial charge < -0.3 is 19.8 Å². The summed E-state index contributed by atoms with van der Waals surface area (Å²) in [5.41, 5.74) is -0.761. The van der Waals surface area contributed by atoms with Crippen molar-refractivity contribution in [3.05, 3.63) is 108 Å². The Labute approximate surface area is 197 Å². The summed E-state index contributed by atoms with van der Waals surface area (Å²) in [5, 5.41) is 4.62. The van der Waals surface area contributed by atoms with Gasteiger partial charge in [0.2, 0.25) is 0 Å². The lowest BCUT2D eigenvalue weighted by Crippen LogP contribution is -2.18. The monoisotopic (exact) mass is 481 g/mol. The Bertz CT molecular complexity index is 1320. The van der Waals surface area contributed by atoms with Gasteiger partial charge >= 0.3 is 6.18 Å². The van der Waals surface area contributed by atoms with Crippen molar-refractivity contribution in [3.63, 3.8) is 0 Å². The van der Waals surface area contributed by atoms with Crippen molar-refractivity contribution >= 4 is 23.2 Å². The highest BCUT2D eigenvalue weighted by Crippen LogP contribution is 2.37. The second kappa shape index (κ2) is 10.1. The lowest BCUT2D eigenvalue weighted by molar-refractivity contribution is -0.136. The van der Waals surface area contributed by atoms with Crippen LogP contribution in [-0.2, 0) is 12.8 Å². The van der Waals surface area contributed by atoms with Crippen molar-refractivity contribution in [1.29, 1.82) is 0 Å². The van der Waals surface area contributed by atoms with E-state index in [2.05, 4.69) is 15.6 Å². The summed E-state index contributed by atoms with van der Waals surface area (Å²) in [6, 6.07) is 15.6. The fraction of sp³-hybridized carbons (Fsp3) is 0.0800. The molecule has 0 atom stereocenters. The zero-order valence-electron chi connectivity index (χ0n) is 18.0. The highest BCUT2D eigenvalue weighted by molar-refractivity contribution is 6.05. The molecule has 4 aromatic rings. The summed E-state index contributed by atoms with van der Waals surface area (Å²) >= 11 is 0. The first-order valence-corrected chi connectivity index (χ1v) is 10.3. The Morgan fingerprint density at radius 1 is 0.943 bits per heavy atom. The zero-order chi connectivity index (χ0) is 24.8. The smallest absolute Gasteiger partial charge is 0.418 e. The standard InChI is InChI=1S/C25H18F3N3O4/c26-25(27,28)20-13-18(30-24(33)22-7-3-11-34-22)8-9-21(20)31-23(32)17-5-1-6-19(12-17)35-15-16-4-2-10-29-14-16/h1-14H,15H2,(H,30,33)(H,31,32). The number of hydrogen-bond acceptors (Lipinski definition) is 5. The molecular weight excluding hydrogens is 463 g/mol. The van der Waals surface area contributed by atoms with Crippen LogP contribution in [0.1, 0.15) is 32.0 Å². The van der Waals surface area contributed by atoms with Crippen molar-refractivity contribution in [2.45, 2.75) is 12.8 Å². The summed E-state index contributed by atoms with van der Waals surface area (Å²) in [4.78, 5) is 28.8. The van der Waals surface area contributed by atoms with Gasteiger partial charge in [-0.15, -0.1) is 0 Å². The maximum atomic E-state index is 13.7. The van der Waals surface area contributed by atoms with Gasteiger partial charge in [0.05, 0.1) is 17.5 Å². The first-order chi connectivity index (χ1) is 16.8. The Kier molecular flexibility index (Phi) is 6.81. The number of nitrogens with zero attached hydrogens (tertiary/aromatic N) is 1. The highest BCUT2D eigenvalue weighted by Gasteiger charge is 2.34. The number of nitrogens with one attached hydrogen (secondary N) is 2. The molecule has 0 bridgehead atoms. The minimum absolute atomic E-state index is 0.0541. The Hall–Kier alpha value is -4.60. The topological polar surface area (TPSA) is 93.5 Å². The van der Waals surface area contributed by atoms with Gasteiger partial charge in [0, 0.05) is 29.2 Å². The molecule has 0 aliphatic rings. The first kappa shape index (κ1) is 23.6. The van der Waals surface area contributed by atoms with Crippen LogP contribution >= 0.6 is 0 Å². The predicted molar refractivity (Wildman–Crippen MR) is 121 cm³/mol. The molecule has 2 aromatic carbocycles. The molecule has 0 fully saturated rings. The maximum absolute atomic E-state index is 13.7. The number of alkyl halides is 3. The molecular formula is C25H18F3N3O4. The molecule has 35 heavy (non-hydrogen) atoms. The maximum Gasteiger partial charge on any atom is 0.418 e. The molecule has 0 aliphatic heterocycles. The molecule has 2 amide bonds. The summed E-state index contributed by atoms with van der Waals surface area (Å²) in [5.74, 6) is -1.15. The van der Waals surface area contributed by atoms with E-state index in [1.807, 2.05) is 6.07 Å². The third kappa shape index (κ3) is 6.05. The number of aromatic nitrogens is 1. The van der Waals surface area contributed by atoms with E-state index in [4.69, 9.17) is 9.15 Å². The van der Waals surface area contributed by atoms with Crippen molar-refractivity contribution in [3.8, 4) is 5.75 Å². The van der Waals surface area contributed by atoms with Crippen LogP contribution in [0.5, 0.6) is 5.75 Å². The molecule has 2 N–H and O–H groups in total. The summed E-state index contributed by atoms with van der Waals surface area (Å²) in [6.07, 6.45) is -0.254. The fourth-order valence-electron chi connectivity index (χ4n) is 3.14. The van der Waals surface area contributed by atoms with E-state index in [-0.39, 0.29) is 23.6 Å². The SMILES string of the molecule is O=C(Nc1ccc(NC(=O)c2ccco2)cc1C(F)(F)F)c1cccc(OCc2cccnc2)c1. The number of amides is 2. The van der Waals surface area contributed by atoms with Crippen LogP contribution in [0, 0.1) is 0 Å². The number of halogens is 3. The minimum atomic E-state index is -4.79. The van der Waals surface area contributed by atoms with Gasteiger partial charge in [-0.2, -0.15) is 13.2 Å². The molecule has 0 saturated carbocycles. The van der Waals surface area contributed by atoms with E-state index < -0.39 is 29.2 Å². The van der Waals surface area contributed by atoms with E-state index in [1.54, 1.807) is 30.6 Å². The first-order valence-electron chi connectivity index (χ1n) is 10.3. The number of furan rings is 1. The molecule has 0 unspecified atom stereocenters. The average molecular weight is 481 g/mol. The van der Waals surface area contributed by atoms with Crippen molar-refractivity contribution in [1.82, 2.24) is 4.98 Å². The predicted octanol–water partition coefficient (Wildman–Crippen LogP) is 5.78. The number of hydrogen-bond donors (Lipinski definition) is 2. The van der Waals surface area contributed by atoms with Gasteiger partial charge in [-0.25, -0.2) is 0 Å². The number of anilines is 2. The number of pyridine rings is 1. The van der Waals surface area contributed by atoms with Crippen molar-refractivity contribution in [2.75, 3.05) is 10.6 Å². The molecule has 2 heterocycles. The van der Waals surface area contributed by atoms with Gasteiger partial charge in [-0.1, -0.05) is 12.1 Å². The van der Waals surface area contributed by atoms with Crippen LogP contribution in [0.4, 0.5) is 24.5 Å². The molecule has 0 radical (unpaired) electrons. The van der Waals surface area contributed by atoms with Crippen LogP contribution in [0.2, 0.25) is 0 Å². The fourth-order valence-corrected chi connectivity index (χ4v) is 3.14. The number of carbonyl (C=O) groups excluding carboxylic acids is 2. The highest BCUT2D eigenvalue weighted by atomic mass is 19.4. The average Bonchev–Trinajstić information content (AvgIpc) is 3.39. The molecule has 10 heteroatoms. The molecule has 0 aliphatic carbocycles. The molecule has 0 spiro atoms. The van der Waals surface area contributed by atoms with Gasteiger partial charge in [-0.3, -0.25) is 14.6 Å². The number of carbonyl (C=O) groups is 2. The van der Waals surface area contributed by atoms with Gasteiger partial charge in [0.1, 0.15) is 12.4 Å². The molecule has 178 valence electrons. The van der Waals surface area contributed by atoms with Crippen LogP contribution in [-0.4, -0.2) is 16.8 Å². The lowest BCUT2D eigenvalue weighted by Gasteiger charge is -2.16. The molecule has 2 aromatic heterocycles. The van der Waals surface area contributed by atoms with Crippen LogP contribution in [0.15, 0.2) is 89.8 Å². The summed E-state index contributed by atoms with van der Waals surface area (Å²) < 4.78 is 51.7. The second-order valence-corrected chi connectivity index (χ2v) is 7.32. The Balaban J connectivity index is 1.49. The Morgan fingerprint density at radius 3 is 2.51 bits per heavy atom. The van der Waals surface area contributed by atoms with Gasteiger partial charge in [0.15, 0.2) is 5.76 Å². The molecule has 4 rings (SSSR count). The van der Waals surface area contributed by atoms with Gasteiger partial charge in [0.25, 0.3) is 11.8 Å².